The molecule has 3 rings (SSSR count). The van der Waals surface area contributed by atoms with Crippen molar-refractivity contribution in [3.63, 3.8) is 0 Å². The fourth-order valence-electron chi connectivity index (χ4n) is 1.64. The van der Waals surface area contributed by atoms with E-state index in [0.29, 0.717) is 17.3 Å². The largest absolute Gasteiger partial charge is 0.507 e. The lowest BCUT2D eigenvalue weighted by Crippen LogP contribution is -1.79. The number of phenols is 1. The summed E-state index contributed by atoms with van der Waals surface area (Å²) >= 11 is 5.02. The monoisotopic (exact) mass is 348 g/mol. The summed E-state index contributed by atoms with van der Waals surface area (Å²) in [6.45, 7) is 0. The number of hydrogen-bond donors (Lipinski definition) is 1. The highest BCUT2D eigenvalue weighted by molar-refractivity contribution is 9.11. The summed E-state index contributed by atoms with van der Waals surface area (Å²) in [5, 5.41) is 13.6. The Morgan fingerprint density at radius 3 is 2.75 bits per heavy atom. The number of hydrogen-bond acceptors (Lipinski definition) is 5. The number of thiophene rings is 1. The van der Waals surface area contributed by atoms with E-state index in [2.05, 4.69) is 26.1 Å². The first-order valence-corrected chi connectivity index (χ1v) is 7.39. The van der Waals surface area contributed by atoms with Crippen LogP contribution in [-0.4, -0.2) is 15.2 Å². The van der Waals surface area contributed by atoms with Crippen molar-refractivity contribution in [2.45, 2.75) is 0 Å². The zero-order chi connectivity index (χ0) is 13.9. The molecule has 0 aliphatic heterocycles. The van der Waals surface area contributed by atoms with Crippen LogP contribution in [0.5, 0.6) is 5.75 Å². The molecule has 0 bridgehead atoms. The minimum absolute atomic E-state index is 0.119. The summed E-state index contributed by atoms with van der Waals surface area (Å²) in [5.41, 5.74) is 0.526. The minimum Gasteiger partial charge on any atom is -0.507 e. The molecule has 1 aromatic carbocycles. The predicted molar refractivity (Wildman–Crippen MR) is 82.3 cm³/mol. The number of para-hydroxylation sites is 1. The van der Waals surface area contributed by atoms with Gasteiger partial charge in [-0.05, 0) is 52.3 Å². The van der Waals surface area contributed by atoms with Crippen molar-refractivity contribution < 1.29 is 9.63 Å². The highest BCUT2D eigenvalue weighted by Gasteiger charge is 2.10. The van der Waals surface area contributed by atoms with Gasteiger partial charge in [0.2, 0.25) is 0 Å². The van der Waals surface area contributed by atoms with Crippen LogP contribution in [-0.2, 0) is 0 Å². The Morgan fingerprint density at radius 2 is 2.00 bits per heavy atom. The number of phenolic OH excluding ortho intramolecular Hbond substituents is 1. The van der Waals surface area contributed by atoms with Gasteiger partial charge >= 0.3 is 0 Å². The second-order valence-corrected chi connectivity index (χ2v) is 6.44. The molecular weight excluding hydrogens is 340 g/mol. The van der Waals surface area contributed by atoms with E-state index in [1.807, 2.05) is 18.2 Å². The molecule has 20 heavy (non-hydrogen) atoms. The molecule has 1 N–H and O–H groups in total. The Balaban J connectivity index is 1.84. The maximum atomic E-state index is 9.73. The summed E-state index contributed by atoms with van der Waals surface area (Å²) < 4.78 is 6.22. The van der Waals surface area contributed by atoms with Gasteiger partial charge in [0.1, 0.15) is 5.75 Å². The molecule has 0 aliphatic rings. The van der Waals surface area contributed by atoms with Crippen LogP contribution in [0.4, 0.5) is 0 Å². The van der Waals surface area contributed by atoms with E-state index in [9.17, 15) is 5.11 Å². The van der Waals surface area contributed by atoms with Crippen molar-refractivity contribution in [2.75, 3.05) is 0 Å². The molecule has 2 aromatic heterocycles. The second kappa shape index (κ2) is 5.60. The van der Waals surface area contributed by atoms with Crippen LogP contribution in [0.3, 0.4) is 0 Å². The molecule has 6 heteroatoms. The molecule has 0 radical (unpaired) electrons. The molecule has 0 atom stereocenters. The van der Waals surface area contributed by atoms with Gasteiger partial charge < -0.3 is 9.63 Å². The maximum absolute atomic E-state index is 9.73. The van der Waals surface area contributed by atoms with Crippen molar-refractivity contribution in [1.29, 1.82) is 0 Å². The normalized spacial score (nSPS) is 11.2. The third-order valence-corrected chi connectivity index (χ3v) is 4.16. The van der Waals surface area contributed by atoms with Crippen molar-refractivity contribution in [3.8, 4) is 17.2 Å². The van der Waals surface area contributed by atoms with E-state index in [-0.39, 0.29) is 5.75 Å². The maximum Gasteiger partial charge on any atom is 0.261 e. The average Bonchev–Trinajstić information content (AvgIpc) is 3.06. The van der Waals surface area contributed by atoms with Gasteiger partial charge in [-0.1, -0.05) is 17.3 Å². The van der Waals surface area contributed by atoms with Gasteiger partial charge in [0, 0.05) is 4.88 Å². The fourth-order valence-corrected chi connectivity index (χ4v) is 2.97. The van der Waals surface area contributed by atoms with E-state index in [1.165, 1.54) is 0 Å². The zero-order valence-electron chi connectivity index (χ0n) is 10.2. The van der Waals surface area contributed by atoms with Crippen molar-refractivity contribution in [3.05, 3.63) is 50.9 Å². The van der Waals surface area contributed by atoms with Gasteiger partial charge in [-0.15, -0.1) is 11.3 Å². The molecule has 0 saturated heterocycles. The molecule has 3 aromatic rings. The lowest BCUT2D eigenvalue weighted by molar-refractivity contribution is 0.423. The Morgan fingerprint density at radius 1 is 1.15 bits per heavy atom. The molecule has 2 heterocycles. The zero-order valence-corrected chi connectivity index (χ0v) is 12.6. The van der Waals surface area contributed by atoms with E-state index < -0.39 is 0 Å². The molecule has 100 valence electrons. The van der Waals surface area contributed by atoms with Gasteiger partial charge in [0.25, 0.3) is 5.89 Å². The first kappa shape index (κ1) is 13.1. The van der Waals surface area contributed by atoms with Gasteiger partial charge in [-0.3, -0.25) is 0 Å². The number of rotatable bonds is 3. The van der Waals surface area contributed by atoms with Crippen LogP contribution in [0.15, 0.2) is 44.7 Å². The molecule has 0 fully saturated rings. The standard InChI is InChI=1S/C14H9BrN2O2S/c15-12-7-5-9(20-12)6-8-13-16-14(19-17-13)10-3-1-2-4-11(10)18/h1-8,18H. The Hall–Kier alpha value is -1.92. The number of benzene rings is 1. The lowest BCUT2D eigenvalue weighted by Gasteiger charge is -1.96. The van der Waals surface area contributed by atoms with E-state index in [4.69, 9.17) is 4.52 Å². The van der Waals surface area contributed by atoms with Gasteiger partial charge in [-0.2, -0.15) is 4.98 Å². The summed E-state index contributed by atoms with van der Waals surface area (Å²) in [6, 6.07) is 10.8. The Kier molecular flexibility index (Phi) is 3.66. The topological polar surface area (TPSA) is 59.2 Å². The van der Waals surface area contributed by atoms with Crippen LogP contribution >= 0.6 is 27.3 Å². The highest BCUT2D eigenvalue weighted by Crippen LogP contribution is 2.27. The predicted octanol–water partition coefficient (Wildman–Crippen LogP) is 4.44. The highest BCUT2D eigenvalue weighted by atomic mass is 79.9. The van der Waals surface area contributed by atoms with Crippen LogP contribution in [0.1, 0.15) is 10.7 Å². The average molecular weight is 349 g/mol. The summed E-state index contributed by atoms with van der Waals surface area (Å²) in [7, 11) is 0. The summed E-state index contributed by atoms with van der Waals surface area (Å²) in [4.78, 5) is 5.32. The van der Waals surface area contributed by atoms with Crippen molar-refractivity contribution in [2.24, 2.45) is 0 Å². The third-order valence-electron chi connectivity index (χ3n) is 2.57. The van der Waals surface area contributed by atoms with Crippen molar-refractivity contribution >= 4 is 39.4 Å². The first-order chi connectivity index (χ1) is 9.72. The lowest BCUT2D eigenvalue weighted by atomic mass is 10.2. The molecule has 0 unspecified atom stereocenters. The van der Waals surface area contributed by atoms with Crippen molar-refractivity contribution in [1.82, 2.24) is 10.1 Å². The van der Waals surface area contributed by atoms with Gasteiger partial charge in [0.05, 0.1) is 9.35 Å². The molecule has 4 nitrogen and oxygen atoms in total. The quantitative estimate of drug-likeness (QED) is 0.760. The van der Waals surface area contributed by atoms with Gasteiger partial charge in [0.15, 0.2) is 5.82 Å². The van der Waals surface area contributed by atoms with Crippen LogP contribution in [0, 0.1) is 0 Å². The van der Waals surface area contributed by atoms with Crippen LogP contribution in [0.2, 0.25) is 0 Å². The number of aromatic nitrogens is 2. The summed E-state index contributed by atoms with van der Waals surface area (Å²) in [6.07, 6.45) is 3.68. The van der Waals surface area contributed by atoms with E-state index in [0.717, 1.165) is 8.66 Å². The molecule has 0 aliphatic carbocycles. The number of nitrogens with zero attached hydrogens (tertiary/aromatic N) is 2. The third kappa shape index (κ3) is 2.81. The van der Waals surface area contributed by atoms with Crippen LogP contribution in [0.25, 0.3) is 23.6 Å². The van der Waals surface area contributed by atoms with Crippen LogP contribution < -0.4 is 0 Å². The van der Waals surface area contributed by atoms with Gasteiger partial charge in [-0.25, -0.2) is 0 Å². The smallest absolute Gasteiger partial charge is 0.261 e. The fraction of sp³-hybridized carbons (Fsp3) is 0. The first-order valence-electron chi connectivity index (χ1n) is 5.78. The SMILES string of the molecule is Oc1ccccc1-c1nc(C=Cc2ccc(Br)s2)no1. The summed E-state index contributed by atoms with van der Waals surface area (Å²) in [5.74, 6) is 0.886. The number of halogens is 1. The molecule has 0 spiro atoms. The Labute approximate surface area is 127 Å². The molecule has 0 amide bonds. The van der Waals surface area contributed by atoms with E-state index in [1.54, 1.807) is 41.7 Å². The minimum atomic E-state index is 0.119. The Bertz CT molecular complexity index is 764. The number of aromatic hydroxyl groups is 1. The molecular formula is C14H9BrN2O2S. The molecule has 0 saturated carbocycles. The van der Waals surface area contributed by atoms with E-state index >= 15 is 0 Å². The second-order valence-electron chi connectivity index (χ2n) is 3.95.